The lowest BCUT2D eigenvalue weighted by Crippen LogP contribution is -2.39. The van der Waals surface area contributed by atoms with Gasteiger partial charge in [0.05, 0.1) is 12.4 Å². The van der Waals surface area contributed by atoms with Crippen molar-refractivity contribution in [3.63, 3.8) is 0 Å². The molecule has 5 nitrogen and oxygen atoms in total. The highest BCUT2D eigenvalue weighted by Crippen LogP contribution is 2.18. The number of carbonyl (C=O) groups is 1. The third kappa shape index (κ3) is 4.19. The summed E-state index contributed by atoms with van der Waals surface area (Å²) in [6, 6.07) is 0. The normalized spacial score (nSPS) is 11.3. The fourth-order valence-corrected chi connectivity index (χ4v) is 1.35. The Morgan fingerprint density at radius 3 is 2.50 bits per heavy atom. The number of rotatable bonds is 4. The first-order chi connectivity index (χ1) is 8.33. The van der Waals surface area contributed by atoms with E-state index in [4.69, 9.17) is 5.73 Å². The van der Waals surface area contributed by atoms with Crippen LogP contribution in [0, 0.1) is 0 Å². The highest BCUT2D eigenvalue weighted by Gasteiger charge is 2.33. The molecule has 1 aromatic rings. The fourth-order valence-electron chi connectivity index (χ4n) is 1.35. The molecule has 8 heteroatoms. The molecule has 1 rings (SSSR count). The van der Waals surface area contributed by atoms with Crippen LogP contribution in [0.2, 0.25) is 0 Å². The number of amides is 1. The van der Waals surface area contributed by atoms with Gasteiger partial charge in [-0.1, -0.05) is 6.92 Å². The van der Waals surface area contributed by atoms with Gasteiger partial charge in [-0.2, -0.15) is 13.2 Å². The number of nitrogens with zero attached hydrogens (tertiary/aromatic N) is 3. The highest BCUT2D eigenvalue weighted by molar-refractivity contribution is 5.92. The van der Waals surface area contributed by atoms with Gasteiger partial charge in [-0.15, -0.1) is 0 Å². The molecule has 0 atom stereocenters. The van der Waals surface area contributed by atoms with E-state index in [2.05, 4.69) is 9.97 Å². The molecule has 0 radical (unpaired) electrons. The molecule has 1 amide bonds. The quantitative estimate of drug-likeness (QED) is 0.891. The van der Waals surface area contributed by atoms with Gasteiger partial charge in [0.2, 0.25) is 0 Å². The average Bonchev–Trinajstić information content (AvgIpc) is 2.27. The van der Waals surface area contributed by atoms with Gasteiger partial charge < -0.3 is 10.6 Å². The summed E-state index contributed by atoms with van der Waals surface area (Å²) in [7, 11) is 0. The molecule has 0 spiro atoms. The summed E-state index contributed by atoms with van der Waals surface area (Å²) in [4.78, 5) is 19.8. The fraction of sp³-hybridized carbons (Fsp3) is 0.500. The van der Waals surface area contributed by atoms with Gasteiger partial charge in [0, 0.05) is 6.54 Å². The van der Waals surface area contributed by atoms with Crippen LogP contribution in [0.15, 0.2) is 12.4 Å². The van der Waals surface area contributed by atoms with Crippen LogP contribution in [0.4, 0.5) is 19.0 Å². The molecule has 1 heterocycles. The summed E-state index contributed by atoms with van der Waals surface area (Å²) in [5.41, 5.74) is 5.13. The number of aromatic nitrogens is 2. The second-order valence-corrected chi connectivity index (χ2v) is 3.67. The van der Waals surface area contributed by atoms with Crippen molar-refractivity contribution in [3.8, 4) is 0 Å². The molecule has 0 aromatic carbocycles. The van der Waals surface area contributed by atoms with Crippen LogP contribution in [0.25, 0.3) is 0 Å². The molecule has 0 fully saturated rings. The van der Waals surface area contributed by atoms with Crippen molar-refractivity contribution in [2.45, 2.75) is 19.5 Å². The van der Waals surface area contributed by atoms with Crippen molar-refractivity contribution in [1.82, 2.24) is 14.9 Å². The van der Waals surface area contributed by atoms with Crippen LogP contribution in [0.3, 0.4) is 0 Å². The number of nitrogen functional groups attached to an aromatic ring is 1. The van der Waals surface area contributed by atoms with Crippen LogP contribution < -0.4 is 5.73 Å². The van der Waals surface area contributed by atoms with Gasteiger partial charge in [0.25, 0.3) is 5.91 Å². The average molecular weight is 262 g/mol. The summed E-state index contributed by atoms with van der Waals surface area (Å²) in [6.07, 6.45) is -1.82. The minimum atomic E-state index is -4.44. The predicted octanol–water partition coefficient (Wildman–Crippen LogP) is 1.47. The molecular weight excluding hydrogens is 249 g/mol. The van der Waals surface area contributed by atoms with E-state index in [0.29, 0.717) is 11.3 Å². The molecule has 0 aliphatic carbocycles. The van der Waals surface area contributed by atoms with Crippen molar-refractivity contribution in [2.75, 3.05) is 18.8 Å². The van der Waals surface area contributed by atoms with Crippen molar-refractivity contribution >= 4 is 11.7 Å². The van der Waals surface area contributed by atoms with Crippen LogP contribution in [0.1, 0.15) is 23.8 Å². The molecule has 0 unspecified atom stereocenters. The number of nitrogens with two attached hydrogens (primary N) is 1. The molecule has 100 valence electrons. The lowest BCUT2D eigenvalue weighted by molar-refractivity contribution is -0.140. The topological polar surface area (TPSA) is 72.1 Å². The number of halogens is 3. The van der Waals surface area contributed by atoms with E-state index >= 15 is 0 Å². The van der Waals surface area contributed by atoms with Gasteiger partial charge in [0.1, 0.15) is 18.1 Å². The third-order valence-corrected chi connectivity index (χ3v) is 2.04. The lowest BCUT2D eigenvalue weighted by Gasteiger charge is -2.22. The molecule has 1 aromatic heterocycles. The van der Waals surface area contributed by atoms with Crippen molar-refractivity contribution in [2.24, 2.45) is 0 Å². The van der Waals surface area contributed by atoms with Gasteiger partial charge in [-0.05, 0) is 6.42 Å². The van der Waals surface area contributed by atoms with E-state index in [-0.39, 0.29) is 18.1 Å². The van der Waals surface area contributed by atoms with E-state index in [1.165, 1.54) is 0 Å². The first kappa shape index (κ1) is 14.2. The van der Waals surface area contributed by atoms with E-state index in [9.17, 15) is 18.0 Å². The molecule has 2 N–H and O–H groups in total. The van der Waals surface area contributed by atoms with Crippen LogP contribution in [-0.2, 0) is 0 Å². The molecule has 0 saturated carbocycles. The molecule has 0 aliphatic heterocycles. The summed E-state index contributed by atoms with van der Waals surface area (Å²) >= 11 is 0. The summed E-state index contributed by atoms with van der Waals surface area (Å²) < 4.78 is 37.0. The Bertz CT molecular complexity index is 405. The summed E-state index contributed by atoms with van der Waals surface area (Å²) in [5, 5.41) is 0. The standard InChI is InChI=1S/C10H13F3N4O/c1-2-3-17(6-10(11,12)13)9(18)7-4-16-8(14)5-15-7/h4-5H,2-3,6H2,1H3,(H2,14,16). The number of alkyl halides is 3. The second-order valence-electron chi connectivity index (χ2n) is 3.67. The largest absolute Gasteiger partial charge is 0.406 e. The van der Waals surface area contributed by atoms with Gasteiger partial charge in [-0.25, -0.2) is 9.97 Å². The third-order valence-electron chi connectivity index (χ3n) is 2.04. The van der Waals surface area contributed by atoms with Crippen LogP contribution >= 0.6 is 0 Å². The predicted molar refractivity (Wildman–Crippen MR) is 58.7 cm³/mol. The Morgan fingerprint density at radius 1 is 1.39 bits per heavy atom. The number of carbonyl (C=O) groups excluding carboxylic acids is 1. The summed E-state index contributed by atoms with van der Waals surface area (Å²) in [6.45, 7) is 0.390. The molecule has 0 bridgehead atoms. The Morgan fingerprint density at radius 2 is 2.06 bits per heavy atom. The Balaban J connectivity index is 2.85. The van der Waals surface area contributed by atoms with E-state index < -0.39 is 18.6 Å². The van der Waals surface area contributed by atoms with E-state index in [1.807, 2.05) is 0 Å². The lowest BCUT2D eigenvalue weighted by atomic mass is 10.3. The zero-order valence-corrected chi connectivity index (χ0v) is 9.74. The molecular formula is C10H13F3N4O. The zero-order chi connectivity index (χ0) is 13.8. The van der Waals surface area contributed by atoms with Crippen LogP contribution in [-0.4, -0.2) is 40.0 Å². The first-order valence-electron chi connectivity index (χ1n) is 5.27. The van der Waals surface area contributed by atoms with Crippen molar-refractivity contribution in [3.05, 3.63) is 18.1 Å². The van der Waals surface area contributed by atoms with E-state index in [0.717, 1.165) is 12.4 Å². The highest BCUT2D eigenvalue weighted by atomic mass is 19.4. The van der Waals surface area contributed by atoms with Crippen molar-refractivity contribution in [1.29, 1.82) is 0 Å². The number of hydrogen-bond donors (Lipinski definition) is 1. The molecule has 0 saturated heterocycles. The monoisotopic (exact) mass is 262 g/mol. The Hall–Kier alpha value is -1.86. The van der Waals surface area contributed by atoms with Crippen molar-refractivity contribution < 1.29 is 18.0 Å². The van der Waals surface area contributed by atoms with Crippen LogP contribution in [0.5, 0.6) is 0 Å². The maximum Gasteiger partial charge on any atom is 0.406 e. The van der Waals surface area contributed by atoms with Gasteiger partial charge in [-0.3, -0.25) is 4.79 Å². The van der Waals surface area contributed by atoms with Gasteiger partial charge in [0.15, 0.2) is 0 Å². The number of hydrogen-bond acceptors (Lipinski definition) is 4. The Kier molecular flexibility index (Phi) is 4.46. The SMILES string of the molecule is CCCN(CC(F)(F)F)C(=O)c1cnc(N)cn1. The minimum Gasteiger partial charge on any atom is -0.382 e. The maximum atomic E-state index is 12.3. The smallest absolute Gasteiger partial charge is 0.382 e. The maximum absolute atomic E-state index is 12.3. The summed E-state index contributed by atoms with van der Waals surface area (Å²) in [5.74, 6) is -0.703. The number of anilines is 1. The molecule has 18 heavy (non-hydrogen) atoms. The zero-order valence-electron chi connectivity index (χ0n) is 9.74. The Labute approximate surface area is 102 Å². The second kappa shape index (κ2) is 5.65. The molecule has 0 aliphatic rings. The minimum absolute atomic E-state index is 0.00436. The van der Waals surface area contributed by atoms with Gasteiger partial charge >= 0.3 is 6.18 Å². The first-order valence-corrected chi connectivity index (χ1v) is 5.27. The van der Waals surface area contributed by atoms with E-state index in [1.54, 1.807) is 6.92 Å².